The van der Waals surface area contributed by atoms with Crippen molar-refractivity contribution in [1.29, 1.82) is 5.26 Å². The molecule has 96 valence electrons. The van der Waals surface area contributed by atoms with E-state index in [1.54, 1.807) is 0 Å². The molecule has 0 unspecified atom stereocenters. The lowest BCUT2D eigenvalue weighted by Gasteiger charge is -2.38. The maximum atomic E-state index is 8.87. The van der Waals surface area contributed by atoms with Gasteiger partial charge in [0.25, 0.3) is 0 Å². The van der Waals surface area contributed by atoms with Crippen molar-refractivity contribution in [3.63, 3.8) is 0 Å². The van der Waals surface area contributed by atoms with Crippen molar-refractivity contribution in [1.82, 2.24) is 4.90 Å². The molecule has 3 heteroatoms. The van der Waals surface area contributed by atoms with Crippen LogP contribution in [-0.4, -0.2) is 30.2 Å². The van der Waals surface area contributed by atoms with Crippen molar-refractivity contribution >= 4 is 0 Å². The van der Waals surface area contributed by atoms with E-state index in [1.807, 2.05) is 12.1 Å². The summed E-state index contributed by atoms with van der Waals surface area (Å²) in [7, 11) is 0. The minimum Gasteiger partial charge on any atom is -0.373 e. The number of aryl methyl sites for hydroxylation is 1. The number of ether oxygens (including phenoxy) is 1. The molecule has 0 atom stereocenters. The molecule has 18 heavy (non-hydrogen) atoms. The van der Waals surface area contributed by atoms with E-state index in [1.165, 1.54) is 11.1 Å². The van der Waals surface area contributed by atoms with E-state index in [0.717, 1.165) is 31.8 Å². The highest BCUT2D eigenvalue weighted by Crippen LogP contribution is 2.20. The second-order valence-corrected chi connectivity index (χ2v) is 5.57. The van der Waals surface area contributed by atoms with Crippen LogP contribution in [0, 0.1) is 18.3 Å². The maximum absolute atomic E-state index is 8.87. The van der Waals surface area contributed by atoms with Gasteiger partial charge in [0.2, 0.25) is 0 Å². The smallest absolute Gasteiger partial charge is 0.0991 e. The zero-order valence-corrected chi connectivity index (χ0v) is 11.4. The fourth-order valence-corrected chi connectivity index (χ4v) is 2.43. The van der Waals surface area contributed by atoms with Crippen LogP contribution in [0.3, 0.4) is 0 Å². The van der Waals surface area contributed by atoms with Gasteiger partial charge in [0.05, 0.1) is 23.8 Å². The first-order valence-corrected chi connectivity index (χ1v) is 6.36. The summed E-state index contributed by atoms with van der Waals surface area (Å²) in [4.78, 5) is 2.41. The van der Waals surface area contributed by atoms with Crippen LogP contribution in [0.5, 0.6) is 0 Å². The highest BCUT2D eigenvalue weighted by Gasteiger charge is 2.27. The van der Waals surface area contributed by atoms with Crippen LogP contribution >= 0.6 is 0 Å². The molecule has 0 bridgehead atoms. The summed E-state index contributed by atoms with van der Waals surface area (Å²) in [6, 6.07) is 8.10. The fraction of sp³-hybridized carbons (Fsp3) is 0.533. The third kappa shape index (κ3) is 3.10. The molecule has 0 aliphatic carbocycles. The molecule has 1 fully saturated rings. The Bertz CT molecular complexity index is 474. The molecule has 1 aliphatic heterocycles. The normalized spacial score (nSPS) is 19.4. The number of rotatable bonds is 2. The van der Waals surface area contributed by atoms with Crippen LogP contribution < -0.4 is 0 Å². The minimum atomic E-state index is -0.0568. The van der Waals surface area contributed by atoms with Gasteiger partial charge in [-0.2, -0.15) is 5.26 Å². The molecule has 1 aromatic rings. The summed E-state index contributed by atoms with van der Waals surface area (Å²) in [5.74, 6) is 0. The second kappa shape index (κ2) is 5.09. The van der Waals surface area contributed by atoms with Crippen molar-refractivity contribution in [3.05, 3.63) is 34.9 Å². The topological polar surface area (TPSA) is 36.3 Å². The Kier molecular flexibility index (Phi) is 3.70. The van der Waals surface area contributed by atoms with E-state index in [0.29, 0.717) is 0 Å². The first-order valence-electron chi connectivity index (χ1n) is 6.36. The van der Waals surface area contributed by atoms with Crippen LogP contribution in [0.2, 0.25) is 0 Å². The van der Waals surface area contributed by atoms with Gasteiger partial charge < -0.3 is 4.74 Å². The molecule has 0 spiro atoms. The van der Waals surface area contributed by atoms with Crippen LogP contribution in [-0.2, 0) is 11.3 Å². The summed E-state index contributed by atoms with van der Waals surface area (Å²) >= 11 is 0. The van der Waals surface area contributed by atoms with Gasteiger partial charge in [0.1, 0.15) is 0 Å². The summed E-state index contributed by atoms with van der Waals surface area (Å²) in [6.07, 6.45) is 0. The first-order chi connectivity index (χ1) is 8.50. The number of morpholine rings is 1. The van der Waals surface area contributed by atoms with Gasteiger partial charge in [-0.25, -0.2) is 0 Å². The van der Waals surface area contributed by atoms with Gasteiger partial charge in [-0.3, -0.25) is 4.90 Å². The predicted octanol–water partition coefficient (Wildman–Crippen LogP) is 2.48. The van der Waals surface area contributed by atoms with E-state index < -0.39 is 0 Å². The van der Waals surface area contributed by atoms with Crippen molar-refractivity contribution in [2.75, 3.05) is 19.7 Å². The van der Waals surface area contributed by atoms with Crippen LogP contribution in [0.15, 0.2) is 18.2 Å². The standard InChI is InChI=1S/C15H20N2O/c1-12-8-13(9-16)4-5-14(12)10-17-6-7-18-15(2,3)11-17/h4-5,8H,6-7,10-11H2,1-3H3. The van der Waals surface area contributed by atoms with Gasteiger partial charge in [-0.15, -0.1) is 0 Å². The Hall–Kier alpha value is -1.37. The molecule has 0 radical (unpaired) electrons. The Labute approximate surface area is 109 Å². The molecule has 3 nitrogen and oxygen atoms in total. The third-order valence-electron chi connectivity index (χ3n) is 3.37. The molecule has 2 rings (SSSR count). The highest BCUT2D eigenvalue weighted by molar-refractivity contribution is 5.37. The zero-order chi connectivity index (χ0) is 13.2. The second-order valence-electron chi connectivity index (χ2n) is 5.57. The Balaban J connectivity index is 2.08. The lowest BCUT2D eigenvalue weighted by molar-refractivity contribution is -0.0883. The molecule has 1 saturated heterocycles. The fourth-order valence-electron chi connectivity index (χ4n) is 2.43. The molecule has 0 N–H and O–H groups in total. The number of benzene rings is 1. The average molecular weight is 244 g/mol. The van der Waals surface area contributed by atoms with Crippen molar-refractivity contribution in [2.45, 2.75) is 32.9 Å². The Morgan fingerprint density at radius 1 is 1.44 bits per heavy atom. The van der Waals surface area contributed by atoms with E-state index in [-0.39, 0.29) is 5.60 Å². The van der Waals surface area contributed by atoms with Gasteiger partial charge in [-0.05, 0) is 44.0 Å². The molecular weight excluding hydrogens is 224 g/mol. The van der Waals surface area contributed by atoms with E-state index >= 15 is 0 Å². The summed E-state index contributed by atoms with van der Waals surface area (Å²) in [6.45, 7) is 9.99. The Morgan fingerprint density at radius 2 is 2.22 bits per heavy atom. The highest BCUT2D eigenvalue weighted by atomic mass is 16.5. The number of nitrogens with zero attached hydrogens (tertiary/aromatic N) is 2. The lowest BCUT2D eigenvalue weighted by atomic mass is 10.0. The molecule has 0 amide bonds. The number of nitriles is 1. The first kappa shape index (κ1) is 13.1. The maximum Gasteiger partial charge on any atom is 0.0991 e. The summed E-state index contributed by atoms with van der Waals surface area (Å²) in [5.41, 5.74) is 3.17. The van der Waals surface area contributed by atoms with Gasteiger partial charge in [-0.1, -0.05) is 6.07 Å². The van der Waals surface area contributed by atoms with Crippen molar-refractivity contribution < 1.29 is 4.74 Å². The molecule has 0 aromatic heterocycles. The SMILES string of the molecule is Cc1cc(C#N)ccc1CN1CCOC(C)(C)C1. The van der Waals surface area contributed by atoms with E-state index in [2.05, 4.69) is 37.8 Å². The average Bonchev–Trinajstić information content (AvgIpc) is 2.30. The van der Waals surface area contributed by atoms with Gasteiger partial charge in [0.15, 0.2) is 0 Å². The van der Waals surface area contributed by atoms with E-state index in [9.17, 15) is 0 Å². The summed E-state index contributed by atoms with van der Waals surface area (Å²) < 4.78 is 5.72. The molecule has 1 heterocycles. The quantitative estimate of drug-likeness (QED) is 0.802. The van der Waals surface area contributed by atoms with Gasteiger partial charge in [0, 0.05) is 19.6 Å². The zero-order valence-electron chi connectivity index (χ0n) is 11.4. The Morgan fingerprint density at radius 3 is 2.83 bits per heavy atom. The molecule has 1 aliphatic rings. The van der Waals surface area contributed by atoms with Crippen LogP contribution in [0.4, 0.5) is 0 Å². The van der Waals surface area contributed by atoms with E-state index in [4.69, 9.17) is 10.00 Å². The number of hydrogen-bond donors (Lipinski definition) is 0. The van der Waals surface area contributed by atoms with Crippen molar-refractivity contribution in [2.24, 2.45) is 0 Å². The van der Waals surface area contributed by atoms with Crippen molar-refractivity contribution in [3.8, 4) is 6.07 Å². The minimum absolute atomic E-state index is 0.0568. The molecular formula is C15H20N2O. The summed E-state index contributed by atoms with van der Waals surface area (Å²) in [5, 5.41) is 8.87. The van der Waals surface area contributed by atoms with Crippen LogP contribution in [0.1, 0.15) is 30.5 Å². The lowest BCUT2D eigenvalue weighted by Crippen LogP contribution is -2.47. The van der Waals surface area contributed by atoms with Crippen LogP contribution in [0.25, 0.3) is 0 Å². The monoisotopic (exact) mass is 244 g/mol. The third-order valence-corrected chi connectivity index (χ3v) is 3.37. The number of hydrogen-bond acceptors (Lipinski definition) is 3. The van der Waals surface area contributed by atoms with Gasteiger partial charge >= 0.3 is 0 Å². The predicted molar refractivity (Wildman–Crippen MR) is 71.2 cm³/mol. The molecule has 1 aromatic carbocycles. The largest absolute Gasteiger partial charge is 0.373 e. The molecule has 0 saturated carbocycles.